The first-order chi connectivity index (χ1) is 16.3. The van der Waals surface area contributed by atoms with Gasteiger partial charge in [-0.1, -0.05) is 54.4 Å². The summed E-state index contributed by atoms with van der Waals surface area (Å²) in [5.41, 5.74) is 3.07. The summed E-state index contributed by atoms with van der Waals surface area (Å²) in [7, 11) is 0. The van der Waals surface area contributed by atoms with Crippen molar-refractivity contribution in [3.05, 3.63) is 78.9 Å². The molecule has 0 aliphatic rings. The van der Waals surface area contributed by atoms with Gasteiger partial charge in [0.05, 0.1) is 16.8 Å². The summed E-state index contributed by atoms with van der Waals surface area (Å²) < 4.78 is 1.57. The van der Waals surface area contributed by atoms with Crippen LogP contribution in [-0.4, -0.2) is 21.2 Å². The number of anilines is 1. The molecule has 0 atom stereocenters. The van der Waals surface area contributed by atoms with Crippen molar-refractivity contribution >= 4 is 68.1 Å². The van der Waals surface area contributed by atoms with Gasteiger partial charge in [0, 0.05) is 20.6 Å². The highest BCUT2D eigenvalue weighted by atomic mass is 35.5. The molecule has 4 rings (SSSR count). The molecule has 1 N–H and O–H groups in total. The van der Waals surface area contributed by atoms with Crippen LogP contribution in [0.4, 0.5) is 5.69 Å². The van der Waals surface area contributed by atoms with Crippen LogP contribution in [0.5, 0.6) is 0 Å². The lowest BCUT2D eigenvalue weighted by Crippen LogP contribution is -2.23. The third-order valence-corrected chi connectivity index (χ3v) is 8.07. The van der Waals surface area contributed by atoms with Gasteiger partial charge in [-0.15, -0.1) is 11.3 Å². The molecule has 0 spiro atoms. The fraction of sp³-hybridized carbons (Fsp3) is 0.240. The Balaban J connectivity index is 1.72. The van der Waals surface area contributed by atoms with Crippen LogP contribution in [0, 0.1) is 13.8 Å². The molecular weight excluding hydrogens is 509 g/mol. The molecule has 2 aromatic carbocycles. The van der Waals surface area contributed by atoms with Gasteiger partial charge >= 0.3 is 0 Å². The lowest BCUT2D eigenvalue weighted by atomic mass is 10.1. The smallest absolute Gasteiger partial charge is 0.267 e. The summed E-state index contributed by atoms with van der Waals surface area (Å²) in [6.45, 7) is 6.00. The summed E-state index contributed by atoms with van der Waals surface area (Å²) in [5, 5.41) is 5.11. The van der Waals surface area contributed by atoms with E-state index in [0.717, 1.165) is 24.0 Å². The molecule has 0 aliphatic heterocycles. The summed E-state index contributed by atoms with van der Waals surface area (Å²) in [6, 6.07) is 12.4. The topological polar surface area (TPSA) is 64.0 Å². The highest BCUT2D eigenvalue weighted by molar-refractivity contribution is 7.99. The first kappa shape index (κ1) is 24.8. The molecular formula is C25H23Cl2N3O2S2. The lowest BCUT2D eigenvalue weighted by Gasteiger charge is -2.13. The number of aromatic nitrogens is 2. The predicted octanol–water partition coefficient (Wildman–Crippen LogP) is 7.05. The average molecular weight is 533 g/mol. The number of aryl methyl sites for hydroxylation is 3. The van der Waals surface area contributed by atoms with Crippen LogP contribution in [0.15, 0.2) is 52.4 Å². The number of carbonyl (C=O) groups is 1. The van der Waals surface area contributed by atoms with Gasteiger partial charge in [-0.3, -0.25) is 14.2 Å². The highest BCUT2D eigenvalue weighted by Crippen LogP contribution is 2.31. The Labute approximate surface area is 216 Å². The molecule has 9 heteroatoms. The number of amides is 1. The van der Waals surface area contributed by atoms with Gasteiger partial charge in [-0.25, -0.2) is 4.98 Å². The second kappa shape index (κ2) is 10.5. The first-order valence-corrected chi connectivity index (χ1v) is 13.3. The maximum absolute atomic E-state index is 13.7. The molecule has 0 fully saturated rings. The molecule has 0 bridgehead atoms. The number of fused-ring (bicyclic) bond motifs is 1. The van der Waals surface area contributed by atoms with Gasteiger partial charge in [0.2, 0.25) is 5.91 Å². The second-order valence-electron chi connectivity index (χ2n) is 7.89. The zero-order valence-electron chi connectivity index (χ0n) is 18.9. The van der Waals surface area contributed by atoms with E-state index in [2.05, 4.69) is 12.2 Å². The Bertz CT molecular complexity index is 1430. The largest absolute Gasteiger partial charge is 0.325 e. The minimum Gasteiger partial charge on any atom is -0.325 e. The Morgan fingerprint density at radius 3 is 2.53 bits per heavy atom. The Morgan fingerprint density at radius 2 is 1.82 bits per heavy atom. The van der Waals surface area contributed by atoms with Crippen molar-refractivity contribution in [1.82, 2.24) is 9.55 Å². The summed E-state index contributed by atoms with van der Waals surface area (Å²) in [5.74, 6) is -0.120. The van der Waals surface area contributed by atoms with E-state index in [9.17, 15) is 9.59 Å². The molecule has 2 heterocycles. The van der Waals surface area contributed by atoms with Gasteiger partial charge < -0.3 is 5.32 Å². The molecule has 34 heavy (non-hydrogen) atoms. The van der Waals surface area contributed by atoms with Gasteiger partial charge in [0.1, 0.15) is 4.83 Å². The van der Waals surface area contributed by atoms with Crippen molar-refractivity contribution in [2.24, 2.45) is 0 Å². The van der Waals surface area contributed by atoms with Crippen molar-refractivity contribution in [2.45, 2.75) is 38.8 Å². The van der Waals surface area contributed by atoms with Crippen molar-refractivity contribution in [2.75, 3.05) is 11.1 Å². The number of benzene rings is 2. The third kappa shape index (κ3) is 5.18. The normalized spacial score (nSPS) is 11.2. The number of carbonyl (C=O) groups excluding carboxylic acids is 1. The van der Waals surface area contributed by atoms with Crippen LogP contribution >= 0.6 is 46.3 Å². The number of nitrogens with zero attached hydrogens (tertiary/aromatic N) is 2. The number of rotatable bonds is 7. The molecule has 176 valence electrons. The summed E-state index contributed by atoms with van der Waals surface area (Å²) in [4.78, 5) is 33.1. The SMILES string of the molecule is CCCc1sc2nc(SCC(=O)Nc3cc(Cl)ccc3C)n(-c3ccc(Cl)cc3)c(=O)c2c1C. The maximum atomic E-state index is 13.7. The second-order valence-corrected chi connectivity index (χ2v) is 10.8. The van der Waals surface area contributed by atoms with Crippen LogP contribution < -0.4 is 10.9 Å². The highest BCUT2D eigenvalue weighted by Gasteiger charge is 2.20. The molecule has 5 nitrogen and oxygen atoms in total. The van der Waals surface area contributed by atoms with E-state index in [0.29, 0.717) is 36.8 Å². The van der Waals surface area contributed by atoms with E-state index >= 15 is 0 Å². The third-order valence-electron chi connectivity index (χ3n) is 5.40. The lowest BCUT2D eigenvalue weighted by molar-refractivity contribution is -0.113. The average Bonchev–Trinajstić information content (AvgIpc) is 3.11. The molecule has 0 saturated heterocycles. The van der Waals surface area contributed by atoms with Crippen molar-refractivity contribution < 1.29 is 4.79 Å². The van der Waals surface area contributed by atoms with Crippen LogP contribution in [-0.2, 0) is 11.2 Å². The van der Waals surface area contributed by atoms with Crippen molar-refractivity contribution in [3.8, 4) is 5.69 Å². The zero-order chi connectivity index (χ0) is 24.4. The monoisotopic (exact) mass is 531 g/mol. The minimum absolute atomic E-state index is 0.0870. The van der Waals surface area contributed by atoms with E-state index in [1.165, 1.54) is 16.6 Å². The number of thioether (sulfide) groups is 1. The van der Waals surface area contributed by atoms with Crippen LogP contribution in [0.1, 0.15) is 29.3 Å². The molecule has 0 aliphatic carbocycles. The van der Waals surface area contributed by atoms with E-state index in [1.807, 2.05) is 19.9 Å². The van der Waals surface area contributed by atoms with Crippen LogP contribution in [0.25, 0.3) is 15.9 Å². The number of thiophene rings is 1. The molecule has 1 amide bonds. The number of halogens is 2. The molecule has 0 radical (unpaired) electrons. The summed E-state index contributed by atoms with van der Waals surface area (Å²) >= 11 is 14.9. The van der Waals surface area contributed by atoms with Gasteiger partial charge in [0.15, 0.2) is 5.16 Å². The maximum Gasteiger partial charge on any atom is 0.267 e. The van der Waals surface area contributed by atoms with E-state index in [4.69, 9.17) is 28.2 Å². The summed E-state index contributed by atoms with van der Waals surface area (Å²) in [6.07, 6.45) is 1.89. The molecule has 0 unspecified atom stereocenters. The van der Waals surface area contributed by atoms with E-state index < -0.39 is 0 Å². The van der Waals surface area contributed by atoms with Crippen LogP contribution in [0.3, 0.4) is 0 Å². The molecule has 2 aromatic heterocycles. The number of nitrogens with one attached hydrogen (secondary N) is 1. The van der Waals surface area contributed by atoms with Crippen molar-refractivity contribution in [1.29, 1.82) is 0 Å². The Kier molecular flexibility index (Phi) is 7.67. The van der Waals surface area contributed by atoms with Gasteiger partial charge in [-0.2, -0.15) is 0 Å². The Morgan fingerprint density at radius 1 is 1.12 bits per heavy atom. The predicted molar refractivity (Wildman–Crippen MR) is 145 cm³/mol. The van der Waals surface area contributed by atoms with Gasteiger partial charge in [-0.05, 0) is 67.8 Å². The first-order valence-electron chi connectivity index (χ1n) is 10.8. The quantitative estimate of drug-likeness (QED) is 0.205. The van der Waals surface area contributed by atoms with E-state index in [-0.39, 0.29) is 17.2 Å². The van der Waals surface area contributed by atoms with Crippen LogP contribution in [0.2, 0.25) is 10.0 Å². The zero-order valence-corrected chi connectivity index (χ0v) is 22.1. The number of hydrogen-bond donors (Lipinski definition) is 1. The number of hydrogen-bond acceptors (Lipinski definition) is 5. The van der Waals surface area contributed by atoms with Gasteiger partial charge in [0.25, 0.3) is 5.56 Å². The standard InChI is InChI=1S/C25H23Cl2N3O2S2/c1-4-5-20-15(3)22-23(34-20)29-25(30(24(22)32)18-10-8-16(26)9-11-18)33-13-21(31)28-19-12-17(27)7-6-14(19)2/h6-12H,4-5,13H2,1-3H3,(H,28,31). The van der Waals surface area contributed by atoms with E-state index in [1.54, 1.807) is 52.3 Å². The Hall–Kier alpha value is -2.32. The molecule has 0 saturated carbocycles. The molecule has 4 aromatic rings. The van der Waals surface area contributed by atoms with Crippen molar-refractivity contribution in [3.63, 3.8) is 0 Å². The minimum atomic E-state index is -0.207. The fourth-order valence-corrected chi connectivity index (χ4v) is 6.07. The fourth-order valence-electron chi connectivity index (χ4n) is 3.64.